The second-order valence-electron chi connectivity index (χ2n) is 12.6. The first-order chi connectivity index (χ1) is 23.3. The minimum Gasteiger partial charge on any atom is -0.465 e. The number of carbonyl (C=O) groups is 2. The van der Waals surface area contributed by atoms with Gasteiger partial charge in [-0.3, -0.25) is 9.69 Å². The Labute approximate surface area is 293 Å². The van der Waals surface area contributed by atoms with Crippen LogP contribution in [0.2, 0.25) is 10.0 Å². The minimum absolute atomic E-state index is 0. The van der Waals surface area contributed by atoms with E-state index in [1.807, 2.05) is 30.3 Å². The molecule has 3 aliphatic heterocycles. The monoisotopic (exact) mass is 700 g/mol. The van der Waals surface area contributed by atoms with Gasteiger partial charge in [-0.2, -0.15) is 0 Å². The average molecular weight is 702 g/mol. The van der Waals surface area contributed by atoms with E-state index in [4.69, 9.17) is 37.7 Å². The Balaban J connectivity index is 0.00000378. The van der Waals surface area contributed by atoms with E-state index in [1.165, 1.54) is 13.2 Å². The van der Waals surface area contributed by atoms with Crippen LogP contribution in [-0.4, -0.2) is 46.6 Å². The van der Waals surface area contributed by atoms with E-state index in [-0.39, 0.29) is 24.4 Å². The maximum absolute atomic E-state index is 16.5. The third kappa shape index (κ3) is 4.97. The van der Waals surface area contributed by atoms with E-state index in [2.05, 4.69) is 20.9 Å². The Bertz CT molecular complexity index is 2140. The molecule has 1 fully saturated rings. The second kappa shape index (κ2) is 12.6. The number of ether oxygens (including phenoxy) is 2. The van der Waals surface area contributed by atoms with Crippen molar-refractivity contribution >= 4 is 51.8 Å². The number of hydrogen-bond acceptors (Lipinski definition) is 6. The van der Waals surface area contributed by atoms with Gasteiger partial charge in [-0.25, -0.2) is 14.2 Å². The number of nitrogens with one attached hydrogen (secondary N) is 1. The van der Waals surface area contributed by atoms with Crippen LogP contribution in [0.5, 0.6) is 0 Å². The summed E-state index contributed by atoms with van der Waals surface area (Å²) in [5, 5.41) is 3.58. The van der Waals surface area contributed by atoms with Crippen LogP contribution >= 0.6 is 23.2 Å². The first kappa shape index (κ1) is 33.2. The number of hydrogen-bond donors (Lipinski definition) is 1. The number of amides is 1. The van der Waals surface area contributed by atoms with E-state index in [0.29, 0.717) is 53.5 Å². The van der Waals surface area contributed by atoms with Crippen LogP contribution in [0.3, 0.4) is 0 Å². The molecule has 11 heteroatoms. The smallest absolute Gasteiger partial charge is 0.337 e. The van der Waals surface area contributed by atoms with Gasteiger partial charge in [0.2, 0.25) is 5.91 Å². The summed E-state index contributed by atoms with van der Waals surface area (Å²) < 4.78 is 29.0. The summed E-state index contributed by atoms with van der Waals surface area (Å²) in [4.78, 5) is 34.7. The number of rotatable bonds is 6. The summed E-state index contributed by atoms with van der Waals surface area (Å²) in [6.45, 7) is 1.46. The van der Waals surface area contributed by atoms with E-state index in [1.54, 1.807) is 43.5 Å². The Hall–Kier alpha value is -4.28. The van der Waals surface area contributed by atoms with E-state index in [0.717, 1.165) is 28.0 Å². The lowest BCUT2D eigenvalue weighted by Crippen LogP contribution is -2.51. The van der Waals surface area contributed by atoms with Crippen molar-refractivity contribution in [2.75, 3.05) is 19.5 Å². The largest absolute Gasteiger partial charge is 0.465 e. The number of likely N-dealkylation sites (tertiary alicyclic amines) is 1. The van der Waals surface area contributed by atoms with Gasteiger partial charge < -0.3 is 19.4 Å². The van der Waals surface area contributed by atoms with Crippen LogP contribution in [0.1, 0.15) is 64.1 Å². The summed E-state index contributed by atoms with van der Waals surface area (Å²) >= 11 is 12.9. The molecule has 1 spiro atoms. The molecular weight excluding hydrogens is 666 g/mol. The number of halogens is 3. The van der Waals surface area contributed by atoms with Crippen molar-refractivity contribution in [1.82, 2.24) is 14.5 Å². The molecule has 1 N–H and O–H groups in total. The second-order valence-corrected chi connectivity index (χ2v) is 13.5. The molecule has 0 radical (unpaired) electrons. The third-order valence-electron chi connectivity index (χ3n) is 10.2. The highest BCUT2D eigenvalue weighted by atomic mass is 35.5. The number of aryl methyl sites for hydroxylation is 1. The molecule has 0 saturated carbocycles. The van der Waals surface area contributed by atoms with Crippen molar-refractivity contribution in [3.05, 3.63) is 128 Å². The Morgan fingerprint density at radius 3 is 2.63 bits per heavy atom. The predicted molar refractivity (Wildman–Crippen MR) is 188 cm³/mol. The van der Waals surface area contributed by atoms with Gasteiger partial charge in [0.05, 0.1) is 35.3 Å². The van der Waals surface area contributed by atoms with Gasteiger partial charge in [0, 0.05) is 54.4 Å². The third-order valence-corrected chi connectivity index (χ3v) is 10.7. The summed E-state index contributed by atoms with van der Waals surface area (Å²) in [6.07, 6.45) is 0.663. The molecule has 5 aromatic rings. The van der Waals surface area contributed by atoms with Crippen LogP contribution in [0.25, 0.3) is 11.0 Å². The highest BCUT2D eigenvalue weighted by Crippen LogP contribution is 2.64. The highest BCUT2D eigenvalue weighted by molar-refractivity contribution is 6.31. The van der Waals surface area contributed by atoms with E-state index >= 15 is 4.39 Å². The summed E-state index contributed by atoms with van der Waals surface area (Å²) in [5.41, 5.74) is 4.16. The molecule has 8 rings (SSSR count). The maximum atomic E-state index is 16.5. The number of methoxy groups -OCH3 is 2. The standard InChI is InChI=1S/C37H31Cl2FN4O4.CH4/c1-47-19-21-6-3-5-20(15-21)18-44-30-13-14-43-29-12-9-22(35(45)48-2)16-28(29)41-34(43)31(30)32(24-7-4-8-26(39)33(24)40)37(44)25-11-10-23(38)17-27(25)42-36(37)46;/h3-12,15-17,30-32H,13-14,18-19H2,1-2H3,(H,42,46);1H4/t30-,31+,32-,37+;/m0./s1. The fourth-order valence-electron chi connectivity index (χ4n) is 8.41. The van der Waals surface area contributed by atoms with Gasteiger partial charge in [-0.1, -0.05) is 73.1 Å². The Morgan fingerprint density at radius 1 is 1.04 bits per heavy atom. The molecule has 1 amide bonds. The van der Waals surface area contributed by atoms with Crippen molar-refractivity contribution in [2.24, 2.45) is 0 Å². The normalized spacial score (nSPS) is 22.4. The Kier molecular flexibility index (Phi) is 8.51. The molecule has 49 heavy (non-hydrogen) atoms. The zero-order valence-electron chi connectivity index (χ0n) is 26.2. The van der Waals surface area contributed by atoms with E-state index < -0.39 is 29.2 Å². The van der Waals surface area contributed by atoms with Crippen molar-refractivity contribution < 1.29 is 23.5 Å². The number of fused-ring (bicyclic) bond motifs is 7. The highest BCUT2D eigenvalue weighted by Gasteiger charge is 2.68. The van der Waals surface area contributed by atoms with Crippen molar-refractivity contribution in [3.63, 3.8) is 0 Å². The fraction of sp³-hybridized carbons (Fsp3) is 0.289. The molecule has 1 aromatic heterocycles. The lowest BCUT2D eigenvalue weighted by Gasteiger charge is -2.40. The van der Waals surface area contributed by atoms with Crippen LogP contribution in [-0.2, 0) is 39.5 Å². The van der Waals surface area contributed by atoms with Gasteiger partial charge in [0.15, 0.2) is 0 Å². The first-order valence-electron chi connectivity index (χ1n) is 15.7. The zero-order chi connectivity index (χ0) is 33.3. The van der Waals surface area contributed by atoms with Crippen LogP contribution in [0.15, 0.2) is 78.9 Å². The molecule has 0 bridgehead atoms. The molecule has 4 aromatic carbocycles. The van der Waals surface area contributed by atoms with Crippen molar-refractivity contribution in [1.29, 1.82) is 0 Å². The van der Waals surface area contributed by atoms with Crippen LogP contribution in [0.4, 0.5) is 10.1 Å². The quantitative estimate of drug-likeness (QED) is 0.181. The number of nitrogens with zero attached hydrogens (tertiary/aromatic N) is 3. The topological polar surface area (TPSA) is 85.7 Å². The van der Waals surface area contributed by atoms with Crippen LogP contribution < -0.4 is 5.32 Å². The summed E-state index contributed by atoms with van der Waals surface area (Å²) in [6, 6.07) is 23.6. The molecule has 8 nitrogen and oxygen atoms in total. The molecule has 0 aliphatic carbocycles. The molecule has 4 heterocycles. The lowest BCUT2D eigenvalue weighted by molar-refractivity contribution is -0.128. The van der Waals surface area contributed by atoms with Crippen molar-refractivity contribution in [2.45, 2.75) is 57.0 Å². The van der Waals surface area contributed by atoms with Crippen molar-refractivity contribution in [3.8, 4) is 0 Å². The molecule has 1 saturated heterocycles. The van der Waals surface area contributed by atoms with Gasteiger partial charge >= 0.3 is 5.97 Å². The SMILES string of the molecule is C.COCc1cccc(CN2[C@H]3CCn4c(nc5cc(C(=O)OC)ccc54)[C@H]3[C@H](c3cccc(Cl)c3F)[C@]23C(=O)Nc2cc(Cl)ccc23)c1. The van der Waals surface area contributed by atoms with Crippen LogP contribution in [0, 0.1) is 5.82 Å². The first-order valence-corrected chi connectivity index (χ1v) is 16.5. The van der Waals surface area contributed by atoms with Gasteiger partial charge in [0.25, 0.3) is 0 Å². The van der Waals surface area contributed by atoms with Gasteiger partial charge in [0.1, 0.15) is 17.2 Å². The fourth-order valence-corrected chi connectivity index (χ4v) is 8.76. The minimum atomic E-state index is -1.34. The number of imidazole rings is 1. The Morgan fingerprint density at radius 2 is 1.84 bits per heavy atom. The predicted octanol–water partition coefficient (Wildman–Crippen LogP) is 8.05. The summed E-state index contributed by atoms with van der Waals surface area (Å²) in [5.74, 6) is -1.74. The maximum Gasteiger partial charge on any atom is 0.337 e. The number of benzene rings is 4. The number of anilines is 1. The zero-order valence-corrected chi connectivity index (χ0v) is 27.7. The van der Waals surface area contributed by atoms with E-state index in [9.17, 15) is 9.59 Å². The number of aromatic nitrogens is 2. The molecular formula is C38H35Cl2FN4O4. The molecule has 3 aliphatic rings. The van der Waals surface area contributed by atoms with Gasteiger partial charge in [-0.05, 0) is 59.5 Å². The molecule has 4 atom stereocenters. The lowest BCUT2D eigenvalue weighted by atomic mass is 9.70. The number of carbonyl (C=O) groups excluding carboxylic acids is 2. The average Bonchev–Trinajstić information content (AvgIpc) is 3.69. The molecule has 0 unspecified atom stereocenters. The molecule has 252 valence electrons. The summed E-state index contributed by atoms with van der Waals surface area (Å²) in [7, 11) is 3.00. The van der Waals surface area contributed by atoms with Gasteiger partial charge in [-0.15, -0.1) is 0 Å². The number of esters is 1.